The van der Waals surface area contributed by atoms with E-state index in [1.165, 1.54) is 5.56 Å². The van der Waals surface area contributed by atoms with E-state index in [9.17, 15) is 9.59 Å². The average Bonchev–Trinajstić information content (AvgIpc) is 3.05. The van der Waals surface area contributed by atoms with Crippen LogP contribution in [0.1, 0.15) is 32.3 Å². The minimum absolute atomic E-state index is 0.0235. The highest BCUT2D eigenvalue weighted by Crippen LogP contribution is 2.27. The van der Waals surface area contributed by atoms with Crippen LogP contribution in [-0.2, 0) is 16.0 Å². The van der Waals surface area contributed by atoms with Crippen molar-refractivity contribution in [3.63, 3.8) is 0 Å². The molecule has 23 heavy (non-hydrogen) atoms. The van der Waals surface area contributed by atoms with E-state index in [0.29, 0.717) is 6.54 Å². The fourth-order valence-electron chi connectivity index (χ4n) is 3.24. The van der Waals surface area contributed by atoms with Crippen molar-refractivity contribution in [1.29, 1.82) is 0 Å². The van der Waals surface area contributed by atoms with Crippen LogP contribution in [0, 0.1) is 0 Å². The third-order valence-corrected chi connectivity index (χ3v) is 4.61. The van der Waals surface area contributed by atoms with Crippen molar-refractivity contribution in [3.05, 3.63) is 35.9 Å². The summed E-state index contributed by atoms with van der Waals surface area (Å²) in [6.45, 7) is 5.15. The van der Waals surface area contributed by atoms with Gasteiger partial charge in [-0.15, -0.1) is 0 Å². The number of carbonyl (C=O) groups is 2. The van der Waals surface area contributed by atoms with Gasteiger partial charge in [-0.25, -0.2) is 0 Å². The van der Waals surface area contributed by atoms with Crippen LogP contribution < -0.4 is 10.6 Å². The number of rotatable bonds is 6. The molecule has 5 heteroatoms. The van der Waals surface area contributed by atoms with E-state index in [0.717, 1.165) is 25.8 Å². The summed E-state index contributed by atoms with van der Waals surface area (Å²) >= 11 is 0. The molecule has 2 N–H and O–H groups in total. The molecule has 1 heterocycles. The minimum atomic E-state index is -0.674. The van der Waals surface area contributed by atoms with Gasteiger partial charge >= 0.3 is 0 Å². The molecule has 0 aromatic heterocycles. The Kier molecular flexibility index (Phi) is 5.77. The summed E-state index contributed by atoms with van der Waals surface area (Å²) in [5.41, 5.74) is 0.536. The lowest BCUT2D eigenvalue weighted by molar-refractivity contribution is -0.135. The molecule has 0 unspecified atom stereocenters. The first-order valence-electron chi connectivity index (χ1n) is 8.27. The molecule has 0 saturated carbocycles. The zero-order chi connectivity index (χ0) is 16.9. The van der Waals surface area contributed by atoms with Crippen molar-refractivity contribution in [2.75, 3.05) is 20.1 Å². The largest absolute Gasteiger partial charge is 0.358 e. The number of likely N-dealkylation sites (tertiary alicyclic amines) is 1. The molecule has 2 rings (SSSR count). The van der Waals surface area contributed by atoms with Gasteiger partial charge in [0.25, 0.3) is 0 Å². The van der Waals surface area contributed by atoms with Crippen LogP contribution >= 0.6 is 0 Å². The zero-order valence-electron chi connectivity index (χ0n) is 14.3. The van der Waals surface area contributed by atoms with Gasteiger partial charge in [0.1, 0.15) is 0 Å². The topological polar surface area (TPSA) is 61.4 Å². The van der Waals surface area contributed by atoms with Crippen LogP contribution in [0.15, 0.2) is 30.3 Å². The minimum Gasteiger partial charge on any atom is -0.358 e. The van der Waals surface area contributed by atoms with Crippen molar-refractivity contribution >= 4 is 11.8 Å². The summed E-state index contributed by atoms with van der Waals surface area (Å²) in [6.07, 6.45) is 2.56. The molecule has 0 aliphatic carbocycles. The number of hydrogen-bond acceptors (Lipinski definition) is 3. The number of likely N-dealkylation sites (N-methyl/N-ethyl adjacent to an activating group) is 1. The molecular formula is C18H27N3O2. The highest BCUT2D eigenvalue weighted by atomic mass is 16.2. The second kappa shape index (κ2) is 7.59. The van der Waals surface area contributed by atoms with Gasteiger partial charge in [0.15, 0.2) is 0 Å². The Morgan fingerprint density at radius 1 is 1.26 bits per heavy atom. The van der Waals surface area contributed by atoms with E-state index in [2.05, 4.69) is 22.8 Å². The normalized spacial score (nSPS) is 18.7. The standard InChI is InChI=1S/C18H27N3O2/c1-18(2,17(23)19-3)21-13-7-10-15(21)16(22)20-12-11-14-8-5-4-6-9-14/h4-6,8-9,15H,7,10-13H2,1-3H3,(H,19,23)(H,20,22)/t15-/m0/s1. The maximum absolute atomic E-state index is 12.5. The Morgan fingerprint density at radius 2 is 1.96 bits per heavy atom. The SMILES string of the molecule is CNC(=O)C(C)(C)N1CCC[C@H]1C(=O)NCCc1ccccc1. The summed E-state index contributed by atoms with van der Waals surface area (Å²) < 4.78 is 0. The van der Waals surface area contributed by atoms with E-state index < -0.39 is 5.54 Å². The fraction of sp³-hybridized carbons (Fsp3) is 0.556. The second-order valence-corrected chi connectivity index (χ2v) is 6.52. The molecule has 1 aliphatic heterocycles. The molecular weight excluding hydrogens is 290 g/mol. The van der Waals surface area contributed by atoms with Gasteiger partial charge in [-0.1, -0.05) is 30.3 Å². The van der Waals surface area contributed by atoms with Crippen molar-refractivity contribution in [1.82, 2.24) is 15.5 Å². The smallest absolute Gasteiger partial charge is 0.239 e. The summed E-state index contributed by atoms with van der Waals surface area (Å²) in [4.78, 5) is 26.6. The Bertz CT molecular complexity index is 542. The molecule has 0 radical (unpaired) electrons. The lowest BCUT2D eigenvalue weighted by atomic mass is 10.00. The summed E-state index contributed by atoms with van der Waals surface area (Å²) in [7, 11) is 1.63. The number of carbonyl (C=O) groups excluding carboxylic acids is 2. The van der Waals surface area contributed by atoms with Gasteiger partial charge in [0.05, 0.1) is 11.6 Å². The molecule has 0 spiro atoms. The Labute approximate surface area is 138 Å². The van der Waals surface area contributed by atoms with Crippen molar-refractivity contribution in [2.45, 2.75) is 44.7 Å². The van der Waals surface area contributed by atoms with Crippen molar-refractivity contribution < 1.29 is 9.59 Å². The third-order valence-electron chi connectivity index (χ3n) is 4.61. The molecule has 1 aromatic rings. The Balaban J connectivity index is 1.91. The molecule has 1 aliphatic rings. The van der Waals surface area contributed by atoms with Crippen molar-refractivity contribution in [3.8, 4) is 0 Å². The molecule has 0 bridgehead atoms. The van der Waals surface area contributed by atoms with Crippen molar-refractivity contribution in [2.24, 2.45) is 0 Å². The zero-order valence-corrected chi connectivity index (χ0v) is 14.3. The summed E-state index contributed by atoms with van der Waals surface area (Å²) in [6, 6.07) is 9.88. The Hall–Kier alpha value is -1.88. The van der Waals surface area contributed by atoms with E-state index in [-0.39, 0.29) is 17.9 Å². The predicted molar refractivity (Wildman–Crippen MR) is 91.0 cm³/mol. The van der Waals surface area contributed by atoms with Gasteiger partial charge in [0, 0.05) is 20.1 Å². The number of nitrogens with zero attached hydrogens (tertiary/aromatic N) is 1. The Morgan fingerprint density at radius 3 is 2.61 bits per heavy atom. The summed E-state index contributed by atoms with van der Waals surface area (Å²) in [5.74, 6) is -0.0307. The highest BCUT2D eigenvalue weighted by Gasteiger charge is 2.43. The van der Waals surface area contributed by atoms with E-state index >= 15 is 0 Å². The van der Waals surface area contributed by atoms with Gasteiger partial charge in [-0.05, 0) is 38.7 Å². The van der Waals surface area contributed by atoms with Gasteiger partial charge < -0.3 is 10.6 Å². The average molecular weight is 317 g/mol. The number of amides is 2. The maximum atomic E-state index is 12.5. The first-order valence-corrected chi connectivity index (χ1v) is 8.27. The lowest BCUT2D eigenvalue weighted by Crippen LogP contribution is -2.59. The fourth-order valence-corrected chi connectivity index (χ4v) is 3.24. The number of hydrogen-bond donors (Lipinski definition) is 2. The van der Waals surface area contributed by atoms with E-state index in [1.807, 2.05) is 36.9 Å². The van der Waals surface area contributed by atoms with Crippen LogP contribution in [0.4, 0.5) is 0 Å². The molecule has 1 fully saturated rings. The summed E-state index contributed by atoms with van der Waals surface area (Å²) in [5, 5.41) is 5.71. The third kappa shape index (κ3) is 4.10. The van der Waals surface area contributed by atoms with Crippen LogP contribution in [0.3, 0.4) is 0 Å². The molecule has 2 amide bonds. The predicted octanol–water partition coefficient (Wildman–Crippen LogP) is 1.33. The first kappa shape index (κ1) is 17.5. The van der Waals surface area contributed by atoms with Crippen LogP contribution in [0.2, 0.25) is 0 Å². The second-order valence-electron chi connectivity index (χ2n) is 6.52. The molecule has 5 nitrogen and oxygen atoms in total. The van der Waals surface area contributed by atoms with Crippen LogP contribution in [-0.4, -0.2) is 48.4 Å². The molecule has 1 atom stereocenters. The number of nitrogens with one attached hydrogen (secondary N) is 2. The highest BCUT2D eigenvalue weighted by molar-refractivity contribution is 5.87. The van der Waals surface area contributed by atoms with Gasteiger partial charge in [-0.2, -0.15) is 0 Å². The van der Waals surface area contributed by atoms with E-state index in [4.69, 9.17) is 0 Å². The number of benzene rings is 1. The van der Waals surface area contributed by atoms with Crippen LogP contribution in [0.25, 0.3) is 0 Å². The molecule has 1 aromatic carbocycles. The van der Waals surface area contributed by atoms with Gasteiger partial charge in [0.2, 0.25) is 11.8 Å². The monoisotopic (exact) mass is 317 g/mol. The maximum Gasteiger partial charge on any atom is 0.239 e. The first-order chi connectivity index (χ1) is 11.0. The van der Waals surface area contributed by atoms with E-state index in [1.54, 1.807) is 7.05 Å². The van der Waals surface area contributed by atoms with Gasteiger partial charge in [-0.3, -0.25) is 14.5 Å². The van der Waals surface area contributed by atoms with Crippen LogP contribution in [0.5, 0.6) is 0 Å². The quantitative estimate of drug-likeness (QED) is 0.832. The molecule has 1 saturated heterocycles. The molecule has 126 valence electrons. The lowest BCUT2D eigenvalue weighted by Gasteiger charge is -2.37.